The largest absolute Gasteiger partial charge is 0.295 e. The zero-order chi connectivity index (χ0) is 18.4. The normalized spacial score (nSPS) is 10.7. The van der Waals surface area contributed by atoms with Crippen molar-refractivity contribution >= 4 is 29.3 Å². The molecule has 0 aliphatic carbocycles. The van der Waals surface area contributed by atoms with Crippen molar-refractivity contribution in [2.45, 2.75) is 18.7 Å². The zero-order valence-electron chi connectivity index (χ0n) is 14.2. The van der Waals surface area contributed by atoms with E-state index < -0.39 is 0 Å². The number of benzene rings is 2. The van der Waals surface area contributed by atoms with Crippen molar-refractivity contribution in [3.63, 3.8) is 0 Å². The van der Waals surface area contributed by atoms with Crippen molar-refractivity contribution in [3.05, 3.63) is 77.1 Å². The summed E-state index contributed by atoms with van der Waals surface area (Å²) in [5.74, 6) is -0.0194. The summed E-state index contributed by atoms with van der Waals surface area (Å²) >= 11 is 7.53. The minimum absolute atomic E-state index is 0.200. The van der Waals surface area contributed by atoms with Gasteiger partial charge in [-0.3, -0.25) is 14.2 Å². The Hall–Kier alpha value is -2.28. The van der Waals surface area contributed by atoms with Crippen LogP contribution in [0.2, 0.25) is 5.02 Å². The molecule has 3 rings (SSSR count). The Kier molecular flexibility index (Phi) is 6.33. The second-order valence-corrected chi connectivity index (χ2v) is 6.90. The van der Waals surface area contributed by atoms with Crippen LogP contribution in [0.15, 0.2) is 66.1 Å². The highest BCUT2D eigenvalue weighted by Crippen LogP contribution is 2.26. The van der Waals surface area contributed by atoms with Crippen LogP contribution in [-0.2, 0) is 16.2 Å². The number of amides is 1. The molecule has 134 valence electrons. The van der Waals surface area contributed by atoms with Crippen LogP contribution < -0.4 is 5.48 Å². The molecule has 3 aromatic rings. The van der Waals surface area contributed by atoms with Crippen LogP contribution in [0.1, 0.15) is 11.1 Å². The van der Waals surface area contributed by atoms with Crippen LogP contribution in [0.3, 0.4) is 0 Å². The second-order valence-electron chi connectivity index (χ2n) is 5.55. The molecule has 7 heteroatoms. The van der Waals surface area contributed by atoms with E-state index in [2.05, 4.69) is 10.5 Å². The SMILES string of the molecule is Cc1c(Cl)cccc1-n1ccnc1SCC(=O)NOCc1ccccc1. The Morgan fingerprint density at radius 2 is 2.04 bits per heavy atom. The van der Waals surface area contributed by atoms with Crippen LogP contribution in [0.5, 0.6) is 0 Å². The van der Waals surface area contributed by atoms with Gasteiger partial charge < -0.3 is 0 Å². The lowest BCUT2D eigenvalue weighted by atomic mass is 10.2. The maximum Gasteiger partial charge on any atom is 0.254 e. The van der Waals surface area contributed by atoms with Gasteiger partial charge in [0.1, 0.15) is 0 Å². The van der Waals surface area contributed by atoms with Crippen molar-refractivity contribution < 1.29 is 9.63 Å². The van der Waals surface area contributed by atoms with Crippen molar-refractivity contribution in [2.75, 3.05) is 5.75 Å². The summed E-state index contributed by atoms with van der Waals surface area (Å²) in [7, 11) is 0. The van der Waals surface area contributed by atoms with Gasteiger partial charge in [0.25, 0.3) is 5.91 Å². The summed E-state index contributed by atoms with van der Waals surface area (Å²) in [6, 6.07) is 15.4. The fraction of sp³-hybridized carbons (Fsp3) is 0.158. The van der Waals surface area contributed by atoms with Crippen LogP contribution in [0.25, 0.3) is 5.69 Å². The van der Waals surface area contributed by atoms with Crippen molar-refractivity contribution in [2.24, 2.45) is 0 Å². The molecule has 5 nitrogen and oxygen atoms in total. The van der Waals surface area contributed by atoms with E-state index in [1.807, 2.05) is 66.2 Å². The fourth-order valence-corrected chi connectivity index (χ4v) is 3.29. The molecule has 0 spiro atoms. The number of hydrogen-bond donors (Lipinski definition) is 1. The maximum absolute atomic E-state index is 12.0. The number of rotatable bonds is 7. The third-order valence-electron chi connectivity index (χ3n) is 3.71. The van der Waals surface area contributed by atoms with E-state index in [0.717, 1.165) is 16.8 Å². The van der Waals surface area contributed by atoms with Gasteiger partial charge in [-0.1, -0.05) is 59.8 Å². The van der Waals surface area contributed by atoms with E-state index in [0.29, 0.717) is 16.8 Å². The molecule has 1 aromatic heterocycles. The lowest BCUT2D eigenvalue weighted by Crippen LogP contribution is -2.25. The molecular formula is C19H18ClN3O2S. The Bertz CT molecular complexity index is 884. The molecule has 1 amide bonds. The molecule has 0 unspecified atom stereocenters. The first-order valence-electron chi connectivity index (χ1n) is 8.01. The van der Waals surface area contributed by atoms with E-state index in [-0.39, 0.29) is 11.7 Å². The predicted octanol–water partition coefficient (Wildman–Crippen LogP) is 4.17. The summed E-state index contributed by atoms with van der Waals surface area (Å²) < 4.78 is 1.92. The Labute approximate surface area is 161 Å². The highest BCUT2D eigenvalue weighted by atomic mass is 35.5. The number of hydrogen-bond acceptors (Lipinski definition) is 4. The number of hydroxylamine groups is 1. The average molecular weight is 388 g/mol. The number of aromatic nitrogens is 2. The molecule has 0 atom stereocenters. The number of halogens is 1. The maximum atomic E-state index is 12.0. The van der Waals surface area contributed by atoms with Gasteiger partial charge in [0.2, 0.25) is 0 Å². The second kappa shape index (κ2) is 8.89. The van der Waals surface area contributed by atoms with Crippen molar-refractivity contribution in [1.82, 2.24) is 15.0 Å². The number of carbonyl (C=O) groups excluding carboxylic acids is 1. The van der Waals surface area contributed by atoms with Gasteiger partial charge in [-0.25, -0.2) is 10.5 Å². The molecule has 2 aromatic carbocycles. The van der Waals surface area contributed by atoms with Gasteiger partial charge in [-0.15, -0.1) is 0 Å². The lowest BCUT2D eigenvalue weighted by molar-refractivity contribution is -0.131. The minimum atomic E-state index is -0.219. The summed E-state index contributed by atoms with van der Waals surface area (Å²) in [5.41, 5.74) is 5.35. The summed E-state index contributed by atoms with van der Waals surface area (Å²) in [6.45, 7) is 2.28. The van der Waals surface area contributed by atoms with E-state index in [1.54, 1.807) is 6.20 Å². The summed E-state index contributed by atoms with van der Waals surface area (Å²) in [4.78, 5) is 21.6. The third-order valence-corrected chi connectivity index (χ3v) is 5.08. The molecule has 0 saturated heterocycles. The molecule has 26 heavy (non-hydrogen) atoms. The van der Waals surface area contributed by atoms with Crippen molar-refractivity contribution in [1.29, 1.82) is 0 Å². The van der Waals surface area contributed by atoms with Gasteiger partial charge in [0.05, 0.1) is 18.0 Å². The number of nitrogens with one attached hydrogen (secondary N) is 1. The summed E-state index contributed by atoms with van der Waals surface area (Å²) in [5, 5.41) is 1.41. The third kappa shape index (κ3) is 4.66. The highest BCUT2D eigenvalue weighted by molar-refractivity contribution is 7.99. The molecule has 1 heterocycles. The van der Waals surface area contributed by atoms with Crippen LogP contribution >= 0.6 is 23.4 Å². The van der Waals surface area contributed by atoms with E-state index in [1.165, 1.54) is 11.8 Å². The molecule has 0 saturated carbocycles. The Balaban J connectivity index is 1.55. The first-order valence-corrected chi connectivity index (χ1v) is 9.37. The molecule has 0 fully saturated rings. The van der Waals surface area contributed by atoms with Crippen molar-refractivity contribution in [3.8, 4) is 5.69 Å². The molecule has 0 aliphatic heterocycles. The van der Waals surface area contributed by atoms with Gasteiger partial charge in [-0.2, -0.15) is 0 Å². The fourth-order valence-electron chi connectivity index (χ4n) is 2.37. The van der Waals surface area contributed by atoms with Gasteiger partial charge >= 0.3 is 0 Å². The van der Waals surface area contributed by atoms with E-state index in [4.69, 9.17) is 16.4 Å². The number of thioether (sulfide) groups is 1. The standard InChI is InChI=1S/C19H18ClN3O2S/c1-14-16(20)8-5-9-17(14)23-11-10-21-19(23)26-13-18(24)22-25-12-15-6-3-2-4-7-15/h2-11H,12-13H2,1H3,(H,22,24). The summed E-state index contributed by atoms with van der Waals surface area (Å²) in [6.07, 6.45) is 3.55. The number of imidazole rings is 1. The van der Waals surface area contributed by atoms with Crippen LogP contribution in [-0.4, -0.2) is 21.2 Å². The first kappa shape index (κ1) is 18.5. The van der Waals surface area contributed by atoms with Crippen LogP contribution in [0.4, 0.5) is 0 Å². The Morgan fingerprint density at radius 1 is 1.23 bits per heavy atom. The predicted molar refractivity (Wildman–Crippen MR) is 103 cm³/mol. The molecule has 0 aliphatic rings. The lowest BCUT2D eigenvalue weighted by Gasteiger charge is -2.11. The minimum Gasteiger partial charge on any atom is -0.295 e. The molecular weight excluding hydrogens is 370 g/mol. The van der Waals surface area contributed by atoms with Gasteiger partial charge in [-0.05, 0) is 30.2 Å². The van der Waals surface area contributed by atoms with Gasteiger partial charge in [0.15, 0.2) is 5.16 Å². The number of carbonyl (C=O) groups is 1. The smallest absolute Gasteiger partial charge is 0.254 e. The molecule has 0 radical (unpaired) electrons. The Morgan fingerprint density at radius 3 is 2.85 bits per heavy atom. The quantitative estimate of drug-likeness (QED) is 0.488. The topological polar surface area (TPSA) is 56.2 Å². The first-order chi connectivity index (χ1) is 12.6. The molecule has 0 bridgehead atoms. The molecule has 1 N–H and O–H groups in total. The van der Waals surface area contributed by atoms with Gasteiger partial charge in [0, 0.05) is 17.4 Å². The monoisotopic (exact) mass is 387 g/mol. The average Bonchev–Trinajstić information content (AvgIpc) is 3.11. The zero-order valence-corrected chi connectivity index (χ0v) is 15.8. The highest BCUT2D eigenvalue weighted by Gasteiger charge is 2.11. The van der Waals surface area contributed by atoms with Crippen LogP contribution in [0, 0.1) is 6.92 Å². The number of nitrogens with zero attached hydrogens (tertiary/aromatic N) is 2. The van der Waals surface area contributed by atoms with E-state index >= 15 is 0 Å². The van der Waals surface area contributed by atoms with E-state index in [9.17, 15) is 4.79 Å².